The largest absolute Gasteiger partial charge is 0.495 e. The molecule has 6 heteroatoms. The van der Waals surface area contributed by atoms with Crippen molar-refractivity contribution in [2.75, 3.05) is 43.1 Å². The summed E-state index contributed by atoms with van der Waals surface area (Å²) in [5.41, 5.74) is 4.71. The summed E-state index contributed by atoms with van der Waals surface area (Å²) in [6.07, 6.45) is 1.57. The molecule has 1 fully saturated rings. The molecular formula is C28H30ClN3O2. The lowest BCUT2D eigenvalue weighted by Gasteiger charge is -2.49. The molecule has 2 aliphatic rings. The number of nitrogens with one attached hydrogen (secondary N) is 1. The van der Waals surface area contributed by atoms with Gasteiger partial charge in [-0.15, -0.1) is 0 Å². The predicted molar refractivity (Wildman–Crippen MR) is 138 cm³/mol. The van der Waals surface area contributed by atoms with Gasteiger partial charge in [-0.1, -0.05) is 60.1 Å². The first kappa shape index (κ1) is 22.6. The Morgan fingerprint density at radius 2 is 1.82 bits per heavy atom. The van der Waals surface area contributed by atoms with Crippen LogP contribution >= 0.6 is 11.6 Å². The molecule has 0 radical (unpaired) electrons. The molecule has 5 nitrogen and oxygen atoms in total. The summed E-state index contributed by atoms with van der Waals surface area (Å²) in [4.78, 5) is 18.2. The zero-order chi connectivity index (χ0) is 23.5. The Labute approximate surface area is 206 Å². The maximum Gasteiger partial charge on any atom is 0.225 e. The third-order valence-corrected chi connectivity index (χ3v) is 7.23. The number of benzene rings is 3. The van der Waals surface area contributed by atoms with E-state index >= 15 is 0 Å². The Morgan fingerprint density at radius 3 is 2.65 bits per heavy atom. The van der Waals surface area contributed by atoms with Crippen LogP contribution in [-0.2, 0) is 17.6 Å². The monoisotopic (exact) mass is 475 g/mol. The molecule has 2 aliphatic heterocycles. The van der Waals surface area contributed by atoms with E-state index < -0.39 is 0 Å². The van der Waals surface area contributed by atoms with E-state index in [0.29, 0.717) is 11.6 Å². The standard InChI is InChI=1S/C28H30ClN3O2/c1-34-27-12-11-22(29)18-25(27)31-15-16-32-24-10-6-5-9-21(24)17-23(26(32)19-31)28(33)30-14-13-20-7-3-2-4-8-20/h2-12,18,23,26H,13-17,19H2,1H3,(H,30,33)/t23-,26-/m0/s1. The van der Waals surface area contributed by atoms with Crippen molar-refractivity contribution in [1.29, 1.82) is 0 Å². The van der Waals surface area contributed by atoms with Gasteiger partial charge in [0.2, 0.25) is 5.91 Å². The van der Waals surface area contributed by atoms with Gasteiger partial charge in [-0.25, -0.2) is 0 Å². The third kappa shape index (κ3) is 4.58. The van der Waals surface area contributed by atoms with E-state index in [2.05, 4.69) is 51.5 Å². The van der Waals surface area contributed by atoms with Crippen molar-refractivity contribution in [2.45, 2.75) is 18.9 Å². The summed E-state index contributed by atoms with van der Waals surface area (Å²) < 4.78 is 5.62. The van der Waals surface area contributed by atoms with Crippen molar-refractivity contribution in [1.82, 2.24) is 5.32 Å². The molecule has 3 aromatic carbocycles. The number of nitrogens with zero attached hydrogens (tertiary/aromatic N) is 2. The molecule has 2 heterocycles. The van der Waals surface area contributed by atoms with Gasteiger partial charge in [0.1, 0.15) is 5.75 Å². The van der Waals surface area contributed by atoms with Crippen LogP contribution in [0.1, 0.15) is 11.1 Å². The number of anilines is 2. The SMILES string of the molecule is COc1ccc(Cl)cc1N1CCN2c3ccccc3C[C@H](C(=O)NCCc3ccccc3)[C@@H]2C1. The number of hydrogen-bond donors (Lipinski definition) is 1. The number of hydrogen-bond acceptors (Lipinski definition) is 4. The number of carbonyl (C=O) groups is 1. The highest BCUT2D eigenvalue weighted by Gasteiger charge is 2.41. The molecule has 5 rings (SSSR count). The molecule has 2 atom stereocenters. The van der Waals surface area contributed by atoms with Gasteiger partial charge in [0.25, 0.3) is 0 Å². The molecule has 1 N–H and O–H groups in total. The summed E-state index contributed by atoms with van der Waals surface area (Å²) in [6.45, 7) is 3.05. The molecule has 0 bridgehead atoms. The minimum Gasteiger partial charge on any atom is -0.495 e. The van der Waals surface area contributed by atoms with Crippen LogP contribution in [0, 0.1) is 5.92 Å². The van der Waals surface area contributed by atoms with E-state index in [1.54, 1.807) is 7.11 Å². The Bertz CT molecular complexity index is 1150. The molecule has 0 aromatic heterocycles. The maximum absolute atomic E-state index is 13.5. The van der Waals surface area contributed by atoms with Crippen LogP contribution in [0.3, 0.4) is 0 Å². The summed E-state index contributed by atoms with van der Waals surface area (Å²) in [6, 6.07) is 24.6. The number of halogens is 1. The van der Waals surface area contributed by atoms with Gasteiger partial charge in [0.05, 0.1) is 24.8 Å². The number of ether oxygens (including phenoxy) is 1. The van der Waals surface area contributed by atoms with Crippen LogP contribution in [-0.4, -0.2) is 45.2 Å². The number of para-hydroxylation sites is 1. The first-order valence-electron chi connectivity index (χ1n) is 11.9. The average molecular weight is 476 g/mol. The van der Waals surface area contributed by atoms with Crippen LogP contribution in [0.4, 0.5) is 11.4 Å². The quantitative estimate of drug-likeness (QED) is 0.567. The Morgan fingerprint density at radius 1 is 1.03 bits per heavy atom. The third-order valence-electron chi connectivity index (χ3n) is 7.00. The highest BCUT2D eigenvalue weighted by atomic mass is 35.5. The number of rotatable bonds is 6. The van der Waals surface area contributed by atoms with Crippen molar-refractivity contribution in [3.05, 3.63) is 88.9 Å². The number of piperazine rings is 1. The molecule has 0 aliphatic carbocycles. The zero-order valence-corrected chi connectivity index (χ0v) is 20.2. The van der Waals surface area contributed by atoms with E-state index in [1.807, 2.05) is 36.4 Å². The van der Waals surface area contributed by atoms with Crippen molar-refractivity contribution in [3.63, 3.8) is 0 Å². The van der Waals surface area contributed by atoms with E-state index in [1.165, 1.54) is 16.8 Å². The van der Waals surface area contributed by atoms with Crippen LogP contribution < -0.4 is 19.9 Å². The minimum atomic E-state index is -0.126. The molecule has 0 unspecified atom stereocenters. The highest BCUT2D eigenvalue weighted by Crippen LogP contribution is 2.39. The fraction of sp³-hybridized carbons (Fsp3) is 0.321. The number of methoxy groups -OCH3 is 1. The fourth-order valence-electron chi connectivity index (χ4n) is 5.29. The van der Waals surface area contributed by atoms with Crippen LogP contribution in [0.5, 0.6) is 5.75 Å². The topological polar surface area (TPSA) is 44.8 Å². The predicted octanol–water partition coefficient (Wildman–Crippen LogP) is 4.58. The van der Waals surface area contributed by atoms with E-state index in [9.17, 15) is 4.79 Å². The lowest BCUT2D eigenvalue weighted by Crippen LogP contribution is -2.61. The Hall–Kier alpha value is -3.18. The zero-order valence-electron chi connectivity index (χ0n) is 19.4. The van der Waals surface area contributed by atoms with Crippen LogP contribution in [0.15, 0.2) is 72.8 Å². The molecular weight excluding hydrogens is 446 g/mol. The van der Waals surface area contributed by atoms with Gasteiger partial charge in [-0.2, -0.15) is 0 Å². The smallest absolute Gasteiger partial charge is 0.225 e. The second-order valence-corrected chi connectivity index (χ2v) is 9.43. The number of amides is 1. The summed E-state index contributed by atoms with van der Waals surface area (Å²) >= 11 is 6.33. The molecule has 176 valence electrons. The highest BCUT2D eigenvalue weighted by molar-refractivity contribution is 6.31. The van der Waals surface area contributed by atoms with E-state index in [0.717, 1.165) is 43.9 Å². The fourth-order valence-corrected chi connectivity index (χ4v) is 5.46. The first-order valence-corrected chi connectivity index (χ1v) is 12.3. The summed E-state index contributed by atoms with van der Waals surface area (Å²) in [5.74, 6) is 0.803. The van der Waals surface area contributed by atoms with E-state index in [4.69, 9.17) is 16.3 Å². The molecule has 3 aromatic rings. The number of fused-ring (bicyclic) bond motifs is 3. The van der Waals surface area contributed by atoms with Crippen LogP contribution in [0.2, 0.25) is 5.02 Å². The summed E-state index contributed by atoms with van der Waals surface area (Å²) in [5, 5.41) is 3.90. The van der Waals surface area contributed by atoms with Crippen molar-refractivity contribution >= 4 is 28.9 Å². The van der Waals surface area contributed by atoms with E-state index in [-0.39, 0.29) is 17.9 Å². The van der Waals surface area contributed by atoms with Gasteiger partial charge in [0.15, 0.2) is 0 Å². The van der Waals surface area contributed by atoms with Gasteiger partial charge in [0, 0.05) is 36.9 Å². The maximum atomic E-state index is 13.5. The second kappa shape index (κ2) is 9.98. The normalized spacial score (nSPS) is 19.2. The van der Waals surface area contributed by atoms with Gasteiger partial charge >= 0.3 is 0 Å². The Balaban J connectivity index is 1.37. The second-order valence-electron chi connectivity index (χ2n) is 8.99. The van der Waals surface area contributed by atoms with Gasteiger partial charge < -0.3 is 19.9 Å². The molecule has 1 amide bonds. The number of carbonyl (C=O) groups excluding carboxylic acids is 1. The first-order chi connectivity index (χ1) is 16.6. The van der Waals surface area contributed by atoms with Gasteiger partial charge in [-0.05, 0) is 48.2 Å². The summed E-state index contributed by atoms with van der Waals surface area (Å²) in [7, 11) is 1.68. The molecule has 1 saturated heterocycles. The molecule has 34 heavy (non-hydrogen) atoms. The van der Waals surface area contributed by atoms with Gasteiger partial charge in [-0.3, -0.25) is 4.79 Å². The lowest BCUT2D eigenvalue weighted by atomic mass is 9.83. The van der Waals surface area contributed by atoms with Crippen molar-refractivity contribution < 1.29 is 9.53 Å². The Kier molecular flexibility index (Phi) is 6.63. The average Bonchev–Trinajstić information content (AvgIpc) is 2.88. The lowest BCUT2D eigenvalue weighted by molar-refractivity contribution is -0.125. The molecule has 0 saturated carbocycles. The van der Waals surface area contributed by atoms with Crippen molar-refractivity contribution in [2.24, 2.45) is 5.92 Å². The van der Waals surface area contributed by atoms with Crippen molar-refractivity contribution in [3.8, 4) is 5.75 Å². The molecule has 0 spiro atoms. The minimum absolute atomic E-state index is 0.0732. The van der Waals surface area contributed by atoms with Crippen LogP contribution in [0.25, 0.3) is 0 Å².